The zero-order chi connectivity index (χ0) is 11.6. The number of hydrogen-bond donors (Lipinski definition) is 1. The monoisotopic (exact) mass is 267 g/mol. The summed E-state index contributed by atoms with van der Waals surface area (Å²) in [5, 5.41) is 3.04. The van der Waals surface area contributed by atoms with Crippen LogP contribution in [0, 0.1) is 0 Å². The van der Waals surface area contributed by atoms with Crippen LogP contribution < -0.4 is 10.1 Å². The van der Waals surface area contributed by atoms with Gasteiger partial charge < -0.3 is 10.1 Å². The summed E-state index contributed by atoms with van der Waals surface area (Å²) in [5.41, 5.74) is -0.707. The second-order valence-electron chi connectivity index (χ2n) is 3.73. The highest BCUT2D eigenvalue weighted by Gasteiger charge is 2.34. The lowest BCUT2D eigenvalue weighted by molar-refractivity contribution is -0.139. The molecular weight excluding hydrogens is 255 g/mol. The lowest BCUT2D eigenvalue weighted by Gasteiger charge is -2.17. The zero-order valence-corrected chi connectivity index (χ0v) is 9.77. The largest absolute Gasteiger partial charge is 0.488 e. The standard InChI is InChI=1S/C11H12F3NO.ClH/c12-11(13,14)9-3-1-2-4-10(9)16-8-5-6-15-7-8;/h1-4,8,15H,5-7H2;1H/t8-;/m1./s1. The molecular formula is C11H13ClF3NO. The first-order chi connectivity index (χ1) is 7.57. The van der Waals surface area contributed by atoms with Gasteiger partial charge in [-0.15, -0.1) is 12.4 Å². The van der Waals surface area contributed by atoms with Gasteiger partial charge in [0.2, 0.25) is 0 Å². The quantitative estimate of drug-likeness (QED) is 0.890. The van der Waals surface area contributed by atoms with Gasteiger partial charge in [-0.1, -0.05) is 12.1 Å². The Bertz CT molecular complexity index is 364. The van der Waals surface area contributed by atoms with Crippen molar-refractivity contribution in [1.82, 2.24) is 5.32 Å². The smallest absolute Gasteiger partial charge is 0.419 e. The van der Waals surface area contributed by atoms with Crippen molar-refractivity contribution in [2.24, 2.45) is 0 Å². The van der Waals surface area contributed by atoms with Crippen LogP contribution in [0.1, 0.15) is 12.0 Å². The molecule has 0 bridgehead atoms. The number of hydrogen-bond acceptors (Lipinski definition) is 2. The molecule has 1 saturated heterocycles. The van der Waals surface area contributed by atoms with Gasteiger partial charge in [-0.2, -0.15) is 13.2 Å². The Balaban J connectivity index is 0.00000144. The van der Waals surface area contributed by atoms with Gasteiger partial charge in [-0.3, -0.25) is 0 Å². The Labute approximate surface area is 104 Å². The second-order valence-corrected chi connectivity index (χ2v) is 3.73. The van der Waals surface area contributed by atoms with Crippen LogP contribution in [-0.2, 0) is 6.18 Å². The molecule has 1 aliphatic rings. The van der Waals surface area contributed by atoms with Gasteiger partial charge in [0, 0.05) is 6.54 Å². The van der Waals surface area contributed by atoms with Gasteiger partial charge in [-0.05, 0) is 25.1 Å². The third-order valence-electron chi connectivity index (χ3n) is 2.50. The molecule has 1 fully saturated rings. The van der Waals surface area contributed by atoms with Crippen molar-refractivity contribution in [3.05, 3.63) is 29.8 Å². The fraction of sp³-hybridized carbons (Fsp3) is 0.455. The molecule has 0 unspecified atom stereocenters. The van der Waals surface area contributed by atoms with Crippen LogP contribution in [0.4, 0.5) is 13.2 Å². The first-order valence-corrected chi connectivity index (χ1v) is 5.11. The van der Waals surface area contributed by atoms with E-state index in [9.17, 15) is 13.2 Å². The third kappa shape index (κ3) is 3.51. The average Bonchev–Trinajstić information content (AvgIpc) is 2.70. The van der Waals surface area contributed by atoms with Crippen LogP contribution in [0.3, 0.4) is 0 Å². The lowest BCUT2D eigenvalue weighted by atomic mass is 10.2. The van der Waals surface area contributed by atoms with Crippen molar-refractivity contribution in [3.63, 3.8) is 0 Å². The summed E-state index contributed by atoms with van der Waals surface area (Å²) in [6, 6.07) is 5.31. The van der Waals surface area contributed by atoms with Gasteiger partial charge in [0.15, 0.2) is 0 Å². The highest BCUT2D eigenvalue weighted by molar-refractivity contribution is 5.85. The molecule has 1 atom stereocenters. The molecule has 0 saturated carbocycles. The maximum atomic E-state index is 12.6. The minimum absolute atomic E-state index is 0. The fourth-order valence-electron chi connectivity index (χ4n) is 1.71. The highest BCUT2D eigenvalue weighted by atomic mass is 35.5. The van der Waals surface area contributed by atoms with Crippen molar-refractivity contribution >= 4 is 12.4 Å². The van der Waals surface area contributed by atoms with Crippen molar-refractivity contribution in [2.75, 3.05) is 13.1 Å². The minimum atomic E-state index is -4.36. The van der Waals surface area contributed by atoms with Gasteiger partial charge in [0.1, 0.15) is 11.9 Å². The fourth-order valence-corrected chi connectivity index (χ4v) is 1.71. The van der Waals surface area contributed by atoms with E-state index in [2.05, 4.69) is 5.32 Å². The summed E-state index contributed by atoms with van der Waals surface area (Å²) in [6.45, 7) is 1.39. The maximum absolute atomic E-state index is 12.6. The summed E-state index contributed by atoms with van der Waals surface area (Å²) in [6.07, 6.45) is -3.78. The number of nitrogens with one attached hydrogen (secondary N) is 1. The molecule has 0 radical (unpaired) electrons. The van der Waals surface area contributed by atoms with Crippen LogP contribution in [-0.4, -0.2) is 19.2 Å². The Morgan fingerprint density at radius 3 is 2.53 bits per heavy atom. The summed E-state index contributed by atoms with van der Waals surface area (Å²) in [4.78, 5) is 0. The third-order valence-corrected chi connectivity index (χ3v) is 2.50. The molecule has 1 aliphatic heterocycles. The molecule has 2 nitrogen and oxygen atoms in total. The molecule has 1 aromatic rings. The van der Waals surface area contributed by atoms with Crippen molar-refractivity contribution < 1.29 is 17.9 Å². The lowest BCUT2D eigenvalue weighted by Crippen LogP contribution is -2.21. The summed E-state index contributed by atoms with van der Waals surface area (Å²) in [7, 11) is 0. The van der Waals surface area contributed by atoms with E-state index in [1.54, 1.807) is 6.07 Å². The van der Waals surface area contributed by atoms with E-state index in [0.29, 0.717) is 6.54 Å². The van der Waals surface area contributed by atoms with Gasteiger partial charge >= 0.3 is 6.18 Å². The number of ether oxygens (including phenoxy) is 1. The van der Waals surface area contributed by atoms with E-state index in [1.165, 1.54) is 12.1 Å². The molecule has 0 spiro atoms. The van der Waals surface area contributed by atoms with Gasteiger partial charge in [0.05, 0.1) is 5.56 Å². The van der Waals surface area contributed by atoms with E-state index in [-0.39, 0.29) is 24.3 Å². The van der Waals surface area contributed by atoms with Crippen LogP contribution in [0.5, 0.6) is 5.75 Å². The van der Waals surface area contributed by atoms with E-state index in [1.807, 2.05) is 0 Å². The molecule has 1 aromatic carbocycles. The SMILES string of the molecule is Cl.FC(F)(F)c1ccccc1O[C@@H]1CCNC1. The Morgan fingerprint density at radius 1 is 1.24 bits per heavy atom. The van der Waals surface area contributed by atoms with E-state index >= 15 is 0 Å². The molecule has 1 heterocycles. The van der Waals surface area contributed by atoms with Crippen LogP contribution in [0.15, 0.2) is 24.3 Å². The predicted molar refractivity (Wildman–Crippen MR) is 60.6 cm³/mol. The topological polar surface area (TPSA) is 21.3 Å². The summed E-state index contributed by atoms with van der Waals surface area (Å²) < 4.78 is 43.2. The van der Waals surface area contributed by atoms with Crippen LogP contribution in [0.25, 0.3) is 0 Å². The Morgan fingerprint density at radius 2 is 1.94 bits per heavy atom. The number of benzene rings is 1. The molecule has 0 aromatic heterocycles. The molecule has 1 N–H and O–H groups in total. The van der Waals surface area contributed by atoms with Crippen LogP contribution >= 0.6 is 12.4 Å². The highest BCUT2D eigenvalue weighted by Crippen LogP contribution is 2.36. The molecule has 0 aliphatic carbocycles. The van der Waals surface area contributed by atoms with Crippen molar-refractivity contribution in [3.8, 4) is 5.75 Å². The Kier molecular flexibility index (Phi) is 4.65. The Hall–Kier alpha value is -0.940. The molecule has 96 valence electrons. The number of halogens is 4. The van der Waals surface area contributed by atoms with Gasteiger partial charge in [-0.25, -0.2) is 0 Å². The summed E-state index contributed by atoms with van der Waals surface area (Å²) in [5.74, 6) is -0.0799. The molecule has 2 rings (SSSR count). The van der Waals surface area contributed by atoms with Crippen LogP contribution in [0.2, 0.25) is 0 Å². The second kappa shape index (κ2) is 5.60. The number of para-hydroxylation sites is 1. The van der Waals surface area contributed by atoms with E-state index in [4.69, 9.17) is 4.74 Å². The van der Waals surface area contributed by atoms with Crippen molar-refractivity contribution in [2.45, 2.75) is 18.7 Å². The normalized spacial score (nSPS) is 19.8. The summed E-state index contributed by atoms with van der Waals surface area (Å²) >= 11 is 0. The number of rotatable bonds is 2. The van der Waals surface area contributed by atoms with Crippen molar-refractivity contribution in [1.29, 1.82) is 0 Å². The van der Waals surface area contributed by atoms with E-state index < -0.39 is 11.7 Å². The zero-order valence-electron chi connectivity index (χ0n) is 8.96. The van der Waals surface area contributed by atoms with Gasteiger partial charge in [0.25, 0.3) is 0 Å². The average molecular weight is 268 g/mol. The predicted octanol–water partition coefficient (Wildman–Crippen LogP) is 2.87. The molecule has 6 heteroatoms. The first-order valence-electron chi connectivity index (χ1n) is 5.11. The first kappa shape index (κ1) is 14.1. The molecule has 17 heavy (non-hydrogen) atoms. The number of alkyl halides is 3. The maximum Gasteiger partial charge on any atom is 0.419 e. The van der Waals surface area contributed by atoms with E-state index in [0.717, 1.165) is 19.0 Å². The minimum Gasteiger partial charge on any atom is -0.488 e. The molecule has 0 amide bonds.